The van der Waals surface area contributed by atoms with Gasteiger partial charge in [-0.05, 0) is 72.9 Å². The second kappa shape index (κ2) is 12.7. The van der Waals surface area contributed by atoms with Gasteiger partial charge in [0, 0.05) is 29.7 Å². The van der Waals surface area contributed by atoms with Crippen LogP contribution < -0.4 is 15.4 Å². The summed E-state index contributed by atoms with van der Waals surface area (Å²) >= 11 is 0. The molecule has 1 heterocycles. The van der Waals surface area contributed by atoms with Gasteiger partial charge in [-0.2, -0.15) is 0 Å². The van der Waals surface area contributed by atoms with Gasteiger partial charge in [-0.1, -0.05) is 50.6 Å². The van der Waals surface area contributed by atoms with Crippen LogP contribution in [0.3, 0.4) is 0 Å². The topological polar surface area (TPSA) is 83.7 Å². The Hall–Kier alpha value is -3.77. The summed E-state index contributed by atoms with van der Waals surface area (Å²) < 4.78 is 12.5. The Bertz CT molecular complexity index is 1300. The molecule has 0 saturated carbocycles. The molecule has 200 valence electrons. The molecule has 0 radical (unpaired) electrons. The van der Waals surface area contributed by atoms with E-state index >= 15 is 0 Å². The van der Waals surface area contributed by atoms with Crippen molar-refractivity contribution in [3.63, 3.8) is 0 Å². The number of hydrogen-bond donors (Lipinski definition) is 3. The Balaban J connectivity index is 1.40. The predicted octanol–water partition coefficient (Wildman–Crippen LogP) is 7.19. The van der Waals surface area contributed by atoms with Crippen LogP contribution in [0, 0.1) is 19.8 Å². The number of nitrogens with one attached hydrogen (secondary N) is 2. The third-order valence-electron chi connectivity index (χ3n) is 7.09. The van der Waals surface area contributed by atoms with Crippen LogP contribution in [0.25, 0.3) is 22.3 Å². The van der Waals surface area contributed by atoms with E-state index in [0.717, 1.165) is 56.8 Å². The number of ether oxygens (including phenoxy) is 1. The molecule has 0 aliphatic rings. The first-order chi connectivity index (χ1) is 18.3. The Kier molecular flexibility index (Phi) is 9.08. The lowest BCUT2D eigenvalue weighted by molar-refractivity contribution is -0.136. The average molecular weight is 515 g/mol. The van der Waals surface area contributed by atoms with E-state index in [-0.39, 0.29) is 12.5 Å². The molecule has 0 unspecified atom stereocenters. The SMILES string of the molecule is CC[C@H](C)[C@@H](COc1cc(C)c(-c2cc3ccccc3o2)c(C)c1)Nc1ccc(CNCCC(=O)O)cc1. The van der Waals surface area contributed by atoms with Crippen LogP contribution >= 0.6 is 0 Å². The van der Waals surface area contributed by atoms with Crippen molar-refractivity contribution in [3.05, 3.63) is 83.4 Å². The normalized spacial score (nSPS) is 12.8. The zero-order valence-corrected chi connectivity index (χ0v) is 22.7. The summed E-state index contributed by atoms with van der Waals surface area (Å²) in [5, 5.41) is 16.7. The van der Waals surface area contributed by atoms with E-state index in [1.165, 1.54) is 0 Å². The van der Waals surface area contributed by atoms with Crippen LogP contribution in [0.15, 0.2) is 71.1 Å². The first-order valence-electron chi connectivity index (χ1n) is 13.3. The highest BCUT2D eigenvalue weighted by atomic mass is 16.5. The van der Waals surface area contributed by atoms with Crippen LogP contribution in [0.4, 0.5) is 5.69 Å². The van der Waals surface area contributed by atoms with E-state index in [0.29, 0.717) is 25.6 Å². The third kappa shape index (κ3) is 6.95. The van der Waals surface area contributed by atoms with Crippen LogP contribution in [-0.4, -0.2) is 30.3 Å². The van der Waals surface area contributed by atoms with Crippen molar-refractivity contribution in [1.29, 1.82) is 0 Å². The molecule has 0 saturated heterocycles. The molecule has 0 bridgehead atoms. The van der Waals surface area contributed by atoms with Crippen LogP contribution in [0.2, 0.25) is 0 Å². The number of aryl methyl sites for hydroxylation is 2. The van der Waals surface area contributed by atoms with Crippen molar-refractivity contribution in [2.45, 2.75) is 53.1 Å². The molecule has 0 spiro atoms. The summed E-state index contributed by atoms with van der Waals surface area (Å²) in [4.78, 5) is 10.7. The fourth-order valence-electron chi connectivity index (χ4n) is 4.68. The van der Waals surface area contributed by atoms with Gasteiger partial charge < -0.3 is 24.9 Å². The number of fused-ring (bicyclic) bond motifs is 1. The number of aliphatic carboxylic acids is 1. The van der Waals surface area contributed by atoms with E-state index in [2.05, 4.69) is 86.9 Å². The average Bonchev–Trinajstić information content (AvgIpc) is 3.32. The summed E-state index contributed by atoms with van der Waals surface area (Å²) in [6.45, 7) is 10.3. The highest BCUT2D eigenvalue weighted by Crippen LogP contribution is 2.35. The minimum absolute atomic E-state index is 0.123. The first-order valence-corrected chi connectivity index (χ1v) is 13.3. The number of furan rings is 1. The third-order valence-corrected chi connectivity index (χ3v) is 7.09. The van der Waals surface area contributed by atoms with Gasteiger partial charge in [0.05, 0.1) is 12.5 Å². The predicted molar refractivity (Wildman–Crippen MR) is 154 cm³/mol. The summed E-state index contributed by atoms with van der Waals surface area (Å²) in [7, 11) is 0. The Labute approximate surface area is 225 Å². The van der Waals surface area contributed by atoms with Gasteiger partial charge in [-0.3, -0.25) is 4.79 Å². The van der Waals surface area contributed by atoms with E-state index in [4.69, 9.17) is 14.3 Å². The van der Waals surface area contributed by atoms with Crippen LogP contribution in [-0.2, 0) is 11.3 Å². The molecule has 4 aromatic rings. The summed E-state index contributed by atoms with van der Waals surface area (Å²) in [5.74, 6) is 1.37. The van der Waals surface area contributed by atoms with Gasteiger partial charge in [-0.15, -0.1) is 0 Å². The molecule has 38 heavy (non-hydrogen) atoms. The first kappa shape index (κ1) is 27.3. The molecule has 0 amide bonds. The minimum atomic E-state index is -0.789. The zero-order valence-electron chi connectivity index (χ0n) is 22.7. The number of carbonyl (C=O) groups is 1. The van der Waals surface area contributed by atoms with Crippen molar-refractivity contribution in [3.8, 4) is 17.1 Å². The lowest BCUT2D eigenvalue weighted by atomic mass is 9.98. The van der Waals surface area contributed by atoms with Crippen molar-refractivity contribution >= 4 is 22.6 Å². The summed E-state index contributed by atoms with van der Waals surface area (Å²) in [6, 6.07) is 22.8. The maximum atomic E-state index is 10.7. The van der Waals surface area contributed by atoms with Crippen molar-refractivity contribution in [1.82, 2.24) is 5.32 Å². The van der Waals surface area contributed by atoms with Gasteiger partial charge in [0.15, 0.2) is 0 Å². The Morgan fingerprint density at radius 3 is 2.39 bits per heavy atom. The van der Waals surface area contributed by atoms with E-state index in [1.807, 2.05) is 18.2 Å². The minimum Gasteiger partial charge on any atom is -0.491 e. The monoisotopic (exact) mass is 514 g/mol. The molecule has 2 atom stereocenters. The summed E-state index contributed by atoms with van der Waals surface area (Å²) in [5.41, 5.74) is 6.42. The molecular formula is C32H38N2O4. The molecule has 4 rings (SSSR count). The van der Waals surface area contributed by atoms with Gasteiger partial charge in [0.25, 0.3) is 0 Å². The van der Waals surface area contributed by atoms with E-state index in [1.54, 1.807) is 0 Å². The lowest BCUT2D eigenvalue weighted by Gasteiger charge is -2.26. The largest absolute Gasteiger partial charge is 0.491 e. The molecular weight excluding hydrogens is 476 g/mol. The fraction of sp³-hybridized carbons (Fsp3) is 0.344. The van der Waals surface area contributed by atoms with Gasteiger partial charge in [0.2, 0.25) is 0 Å². The Morgan fingerprint density at radius 2 is 1.74 bits per heavy atom. The van der Waals surface area contributed by atoms with E-state index in [9.17, 15) is 4.79 Å². The molecule has 0 fully saturated rings. The molecule has 0 aliphatic heterocycles. The van der Waals surface area contributed by atoms with Gasteiger partial charge in [-0.25, -0.2) is 0 Å². The van der Waals surface area contributed by atoms with Crippen molar-refractivity contribution in [2.75, 3.05) is 18.5 Å². The van der Waals surface area contributed by atoms with Gasteiger partial charge in [0.1, 0.15) is 23.7 Å². The molecule has 0 aliphatic carbocycles. The second-order valence-corrected chi connectivity index (χ2v) is 10.0. The molecule has 3 N–H and O–H groups in total. The molecule has 6 heteroatoms. The van der Waals surface area contributed by atoms with Crippen LogP contribution in [0.5, 0.6) is 5.75 Å². The number of carboxylic acids is 1. The number of rotatable bonds is 13. The number of hydrogen-bond acceptors (Lipinski definition) is 5. The fourth-order valence-corrected chi connectivity index (χ4v) is 4.68. The number of carboxylic acid groups (broad SMARTS) is 1. The van der Waals surface area contributed by atoms with Crippen LogP contribution in [0.1, 0.15) is 43.4 Å². The molecule has 1 aromatic heterocycles. The molecule has 6 nitrogen and oxygen atoms in total. The number of para-hydroxylation sites is 1. The Morgan fingerprint density at radius 1 is 1.03 bits per heavy atom. The number of benzene rings is 3. The summed E-state index contributed by atoms with van der Waals surface area (Å²) in [6.07, 6.45) is 1.16. The second-order valence-electron chi connectivity index (χ2n) is 10.0. The standard InChI is InChI=1S/C32H38N2O4/c1-5-21(2)28(34-26-12-10-24(11-13-26)19-33-15-14-31(35)36)20-37-27-16-22(3)32(23(4)17-27)30-18-25-8-6-7-9-29(25)38-30/h6-13,16-18,21,28,33-34H,5,14-15,19-20H2,1-4H3,(H,35,36)/t21-,28+/m0/s1. The number of anilines is 1. The molecule has 3 aromatic carbocycles. The maximum Gasteiger partial charge on any atom is 0.304 e. The van der Waals surface area contributed by atoms with Crippen molar-refractivity contribution in [2.24, 2.45) is 5.92 Å². The highest BCUT2D eigenvalue weighted by molar-refractivity contribution is 5.84. The lowest BCUT2D eigenvalue weighted by Crippen LogP contribution is -2.33. The highest BCUT2D eigenvalue weighted by Gasteiger charge is 2.18. The smallest absolute Gasteiger partial charge is 0.304 e. The maximum absolute atomic E-state index is 10.7. The van der Waals surface area contributed by atoms with E-state index < -0.39 is 5.97 Å². The van der Waals surface area contributed by atoms with Gasteiger partial charge >= 0.3 is 5.97 Å². The van der Waals surface area contributed by atoms with Crippen molar-refractivity contribution < 1.29 is 19.1 Å². The zero-order chi connectivity index (χ0) is 27.1. The quantitative estimate of drug-likeness (QED) is 0.164.